The normalized spacial score (nSPS) is 13.0. The Hall–Kier alpha value is -1.76. The van der Waals surface area contributed by atoms with Gasteiger partial charge in [-0.2, -0.15) is 0 Å². The number of rotatable bonds is 6. The molecule has 0 radical (unpaired) electrons. The van der Waals surface area contributed by atoms with Crippen molar-refractivity contribution in [3.05, 3.63) is 66.0 Å². The van der Waals surface area contributed by atoms with Gasteiger partial charge in [-0.15, -0.1) is 0 Å². The Bertz CT molecular complexity index is 672. The van der Waals surface area contributed by atoms with E-state index >= 15 is 0 Å². The molecule has 2 aromatic rings. The third kappa shape index (κ3) is 4.63. The molecule has 4 nitrogen and oxygen atoms in total. The van der Waals surface area contributed by atoms with Gasteiger partial charge in [0.2, 0.25) is 10.0 Å². The summed E-state index contributed by atoms with van der Waals surface area (Å²) in [6.07, 6.45) is -0.477. The van der Waals surface area contributed by atoms with Crippen molar-refractivity contribution in [3.63, 3.8) is 0 Å². The molecule has 6 heteroatoms. The second-order valence-corrected chi connectivity index (χ2v) is 6.42. The molecule has 0 fully saturated rings. The first kappa shape index (κ1) is 15.6. The first-order valence-electron chi connectivity index (χ1n) is 6.44. The highest BCUT2D eigenvalue weighted by molar-refractivity contribution is 7.89. The monoisotopic (exact) mass is 309 g/mol. The van der Waals surface area contributed by atoms with E-state index in [4.69, 9.17) is 0 Å². The summed E-state index contributed by atoms with van der Waals surface area (Å²) in [4.78, 5) is -0.0317. The zero-order chi connectivity index (χ0) is 15.3. The first-order chi connectivity index (χ1) is 9.97. The molecule has 2 N–H and O–H groups in total. The summed E-state index contributed by atoms with van der Waals surface area (Å²) in [7, 11) is -3.74. The predicted molar refractivity (Wildman–Crippen MR) is 77.7 cm³/mol. The van der Waals surface area contributed by atoms with E-state index in [1.54, 1.807) is 0 Å². The van der Waals surface area contributed by atoms with Crippen LogP contribution >= 0.6 is 0 Å². The van der Waals surface area contributed by atoms with Crippen molar-refractivity contribution in [3.8, 4) is 0 Å². The van der Waals surface area contributed by atoms with Gasteiger partial charge >= 0.3 is 0 Å². The molecule has 21 heavy (non-hydrogen) atoms. The van der Waals surface area contributed by atoms with Gasteiger partial charge in [0.15, 0.2) is 0 Å². The van der Waals surface area contributed by atoms with Crippen LogP contribution < -0.4 is 4.72 Å². The van der Waals surface area contributed by atoms with Crippen LogP contribution in [0.2, 0.25) is 0 Å². The summed E-state index contributed by atoms with van der Waals surface area (Å²) < 4.78 is 39.0. The van der Waals surface area contributed by atoms with Gasteiger partial charge < -0.3 is 5.11 Å². The molecule has 1 atom stereocenters. The lowest BCUT2D eigenvalue weighted by molar-refractivity contribution is 0.179. The molecular weight excluding hydrogens is 293 g/mol. The predicted octanol–water partition coefficient (Wildman–Crippen LogP) is 1.71. The summed E-state index contributed by atoms with van der Waals surface area (Å²) in [6, 6.07) is 13.8. The van der Waals surface area contributed by atoms with Crippen LogP contribution in [0.3, 0.4) is 0 Å². The van der Waals surface area contributed by atoms with Gasteiger partial charge in [-0.1, -0.05) is 30.3 Å². The molecule has 0 aromatic heterocycles. The van der Waals surface area contributed by atoms with Crippen molar-refractivity contribution >= 4 is 10.0 Å². The zero-order valence-electron chi connectivity index (χ0n) is 11.2. The van der Waals surface area contributed by atoms with Crippen LogP contribution in [0, 0.1) is 5.82 Å². The lowest BCUT2D eigenvalue weighted by Crippen LogP contribution is -2.33. The number of nitrogens with one attached hydrogen (secondary N) is 1. The average molecular weight is 309 g/mol. The van der Waals surface area contributed by atoms with E-state index in [0.29, 0.717) is 6.42 Å². The summed E-state index contributed by atoms with van der Waals surface area (Å²) >= 11 is 0. The SMILES string of the molecule is O=S(=O)(NCC(O)Cc1ccccc1)c1ccc(F)cc1. The summed E-state index contributed by atoms with van der Waals surface area (Å²) in [6.45, 7) is -0.103. The van der Waals surface area contributed by atoms with Crippen molar-refractivity contribution < 1.29 is 17.9 Å². The molecule has 1 unspecified atom stereocenters. The Morgan fingerprint density at radius 2 is 1.67 bits per heavy atom. The molecule has 0 aliphatic heterocycles. The molecule has 0 heterocycles. The quantitative estimate of drug-likeness (QED) is 0.853. The number of benzene rings is 2. The van der Waals surface area contributed by atoms with Crippen molar-refractivity contribution in [1.29, 1.82) is 0 Å². The second kappa shape index (κ2) is 6.80. The summed E-state index contributed by atoms with van der Waals surface area (Å²) in [5, 5.41) is 9.87. The van der Waals surface area contributed by atoms with Gasteiger partial charge in [0.25, 0.3) is 0 Å². The zero-order valence-corrected chi connectivity index (χ0v) is 12.1. The third-order valence-electron chi connectivity index (χ3n) is 2.95. The maximum absolute atomic E-state index is 12.8. The van der Waals surface area contributed by atoms with Gasteiger partial charge in [-0.3, -0.25) is 0 Å². The van der Waals surface area contributed by atoms with Gasteiger partial charge in [-0.25, -0.2) is 17.5 Å². The number of sulfonamides is 1. The maximum Gasteiger partial charge on any atom is 0.240 e. The van der Waals surface area contributed by atoms with Crippen molar-refractivity contribution in [1.82, 2.24) is 4.72 Å². The molecule has 2 aromatic carbocycles. The lowest BCUT2D eigenvalue weighted by atomic mass is 10.1. The number of aliphatic hydroxyl groups excluding tert-OH is 1. The van der Waals surface area contributed by atoms with Crippen LogP contribution in [0.5, 0.6) is 0 Å². The Morgan fingerprint density at radius 3 is 2.29 bits per heavy atom. The second-order valence-electron chi connectivity index (χ2n) is 4.65. The number of hydrogen-bond donors (Lipinski definition) is 2. The van der Waals surface area contributed by atoms with Crippen molar-refractivity contribution in [2.24, 2.45) is 0 Å². The minimum Gasteiger partial charge on any atom is -0.391 e. The van der Waals surface area contributed by atoms with E-state index in [1.165, 1.54) is 12.1 Å². The molecule has 0 aliphatic rings. The first-order valence-corrected chi connectivity index (χ1v) is 7.93. The Labute approximate surface area is 123 Å². The van der Waals surface area contributed by atoms with Gasteiger partial charge in [0.05, 0.1) is 11.0 Å². The smallest absolute Gasteiger partial charge is 0.240 e. The van der Waals surface area contributed by atoms with Gasteiger partial charge in [-0.05, 0) is 36.2 Å². The third-order valence-corrected chi connectivity index (χ3v) is 4.39. The van der Waals surface area contributed by atoms with Crippen LogP contribution in [-0.2, 0) is 16.4 Å². The van der Waals surface area contributed by atoms with Crippen LogP contribution in [-0.4, -0.2) is 26.2 Å². The number of aliphatic hydroxyl groups is 1. The van der Waals surface area contributed by atoms with E-state index in [-0.39, 0.29) is 11.4 Å². The summed E-state index contributed by atoms with van der Waals surface area (Å²) in [5.74, 6) is -0.502. The molecule has 2 rings (SSSR count). The molecule has 0 spiro atoms. The molecule has 0 saturated heterocycles. The molecule has 0 amide bonds. The fourth-order valence-corrected chi connectivity index (χ4v) is 2.93. The average Bonchev–Trinajstić information content (AvgIpc) is 2.47. The molecule has 0 aliphatic carbocycles. The minimum absolute atomic E-state index is 0.0317. The summed E-state index contributed by atoms with van der Waals surface area (Å²) in [5.41, 5.74) is 0.922. The Morgan fingerprint density at radius 1 is 1.05 bits per heavy atom. The van der Waals surface area contributed by atoms with Crippen molar-refractivity contribution in [2.75, 3.05) is 6.54 Å². The standard InChI is InChI=1S/C15H16FNO3S/c16-13-6-8-15(9-7-13)21(19,20)17-11-14(18)10-12-4-2-1-3-5-12/h1-9,14,17-18H,10-11H2. The van der Waals surface area contributed by atoms with Gasteiger partial charge in [0.1, 0.15) is 5.82 Å². The topological polar surface area (TPSA) is 66.4 Å². The lowest BCUT2D eigenvalue weighted by Gasteiger charge is -2.12. The van der Waals surface area contributed by atoms with Gasteiger partial charge in [0, 0.05) is 6.54 Å². The van der Waals surface area contributed by atoms with E-state index in [2.05, 4.69) is 4.72 Å². The number of halogens is 1. The van der Waals surface area contributed by atoms with E-state index in [9.17, 15) is 17.9 Å². The van der Waals surface area contributed by atoms with E-state index < -0.39 is 21.9 Å². The fourth-order valence-electron chi connectivity index (χ4n) is 1.86. The van der Waals surface area contributed by atoms with Crippen LogP contribution in [0.4, 0.5) is 4.39 Å². The van der Waals surface area contributed by atoms with Crippen LogP contribution in [0.15, 0.2) is 59.5 Å². The van der Waals surface area contributed by atoms with Crippen molar-refractivity contribution in [2.45, 2.75) is 17.4 Å². The van der Waals surface area contributed by atoms with E-state index in [0.717, 1.165) is 17.7 Å². The Balaban J connectivity index is 1.94. The molecule has 0 saturated carbocycles. The molecular formula is C15H16FNO3S. The van der Waals surface area contributed by atoms with E-state index in [1.807, 2.05) is 30.3 Å². The Kier molecular flexibility index (Phi) is 5.06. The molecule has 0 bridgehead atoms. The highest BCUT2D eigenvalue weighted by Crippen LogP contribution is 2.10. The molecule has 112 valence electrons. The fraction of sp³-hybridized carbons (Fsp3) is 0.200. The van der Waals surface area contributed by atoms with Crippen LogP contribution in [0.25, 0.3) is 0 Å². The van der Waals surface area contributed by atoms with Crippen LogP contribution in [0.1, 0.15) is 5.56 Å². The number of hydrogen-bond acceptors (Lipinski definition) is 3. The maximum atomic E-state index is 12.8. The minimum atomic E-state index is -3.74. The highest BCUT2D eigenvalue weighted by atomic mass is 32.2. The highest BCUT2D eigenvalue weighted by Gasteiger charge is 2.16. The largest absolute Gasteiger partial charge is 0.391 e.